The summed E-state index contributed by atoms with van der Waals surface area (Å²) in [6.45, 7) is 6.63. The first-order chi connectivity index (χ1) is 15.4. The highest BCUT2D eigenvalue weighted by atomic mass is 35.5. The fourth-order valence-corrected chi connectivity index (χ4v) is 5.38. The van der Waals surface area contributed by atoms with Crippen molar-refractivity contribution in [3.05, 3.63) is 50.8 Å². The highest BCUT2D eigenvalue weighted by Crippen LogP contribution is 2.36. The third kappa shape index (κ3) is 3.91. The maximum absolute atomic E-state index is 13.5. The van der Waals surface area contributed by atoms with Gasteiger partial charge in [0.25, 0.3) is 5.56 Å². The summed E-state index contributed by atoms with van der Waals surface area (Å²) in [6.07, 6.45) is 4.12. The van der Waals surface area contributed by atoms with Gasteiger partial charge in [-0.3, -0.25) is 9.36 Å². The minimum Gasteiger partial charge on any atom is -0.357 e. The fraction of sp³-hybridized carbons (Fsp3) is 0.458. The topological polar surface area (TPSA) is 66.8 Å². The molecule has 1 fully saturated rings. The first-order valence-electron chi connectivity index (χ1n) is 10.9. The average molecular weight is 470 g/mol. The summed E-state index contributed by atoms with van der Waals surface area (Å²) in [5, 5.41) is 11.4. The van der Waals surface area contributed by atoms with E-state index in [1.54, 1.807) is 11.6 Å². The Kier molecular flexibility index (Phi) is 6.55. The second kappa shape index (κ2) is 9.21. The maximum atomic E-state index is 13.5. The molecule has 0 bridgehead atoms. The van der Waals surface area contributed by atoms with Crippen LogP contribution >= 0.6 is 23.4 Å². The number of anilines is 1. The number of hydrogen-bond acceptors (Lipinski definition) is 5. The van der Waals surface area contributed by atoms with E-state index in [4.69, 9.17) is 16.6 Å². The van der Waals surface area contributed by atoms with Crippen molar-refractivity contribution in [3.8, 4) is 6.07 Å². The first-order valence-corrected chi connectivity index (χ1v) is 12.5. The van der Waals surface area contributed by atoms with Crippen LogP contribution in [0.25, 0.3) is 11.0 Å². The molecular weight excluding hydrogens is 442 g/mol. The molecule has 3 heterocycles. The van der Waals surface area contributed by atoms with Gasteiger partial charge in [-0.1, -0.05) is 55.4 Å². The van der Waals surface area contributed by atoms with Crippen LogP contribution in [0.4, 0.5) is 5.82 Å². The molecule has 4 rings (SSSR count). The largest absolute Gasteiger partial charge is 0.357 e. The minimum atomic E-state index is -0.147. The van der Waals surface area contributed by atoms with E-state index in [1.807, 2.05) is 35.1 Å². The van der Waals surface area contributed by atoms with Gasteiger partial charge < -0.3 is 9.47 Å². The van der Waals surface area contributed by atoms with E-state index in [9.17, 15) is 10.1 Å². The van der Waals surface area contributed by atoms with Crippen molar-refractivity contribution in [1.82, 2.24) is 14.1 Å². The van der Waals surface area contributed by atoms with Crippen molar-refractivity contribution >= 4 is 40.2 Å². The predicted molar refractivity (Wildman–Crippen MR) is 132 cm³/mol. The average Bonchev–Trinajstić information content (AvgIpc) is 3.10. The third-order valence-electron chi connectivity index (χ3n) is 6.49. The van der Waals surface area contributed by atoms with Crippen LogP contribution in [0.15, 0.2) is 34.2 Å². The molecule has 0 saturated carbocycles. The summed E-state index contributed by atoms with van der Waals surface area (Å²) in [5.74, 6) is 1.88. The van der Waals surface area contributed by atoms with Crippen LogP contribution in [0, 0.1) is 23.2 Å². The van der Waals surface area contributed by atoms with Gasteiger partial charge in [0.15, 0.2) is 5.16 Å². The Morgan fingerprint density at radius 3 is 2.75 bits per heavy atom. The number of rotatable bonds is 5. The van der Waals surface area contributed by atoms with E-state index in [0.29, 0.717) is 45.2 Å². The van der Waals surface area contributed by atoms with Gasteiger partial charge in [-0.25, -0.2) is 4.98 Å². The van der Waals surface area contributed by atoms with Gasteiger partial charge in [-0.15, -0.1) is 0 Å². The maximum Gasteiger partial charge on any atom is 0.278 e. The zero-order chi connectivity index (χ0) is 23.0. The molecule has 0 aliphatic carbocycles. The molecule has 1 atom stereocenters. The molecule has 2 aromatic heterocycles. The molecule has 0 amide bonds. The summed E-state index contributed by atoms with van der Waals surface area (Å²) in [7, 11) is 1.73. The molecule has 0 radical (unpaired) electrons. The van der Waals surface area contributed by atoms with Crippen molar-refractivity contribution in [2.75, 3.05) is 24.2 Å². The van der Waals surface area contributed by atoms with E-state index < -0.39 is 0 Å². The minimum absolute atomic E-state index is 0.147. The zero-order valence-electron chi connectivity index (χ0n) is 18.9. The lowest BCUT2D eigenvalue weighted by molar-refractivity contribution is 0.320. The second-order valence-electron chi connectivity index (χ2n) is 8.74. The Bertz CT molecular complexity index is 1260. The number of nitriles is 1. The van der Waals surface area contributed by atoms with Crippen molar-refractivity contribution < 1.29 is 0 Å². The van der Waals surface area contributed by atoms with Crippen molar-refractivity contribution in [2.45, 2.75) is 38.4 Å². The summed E-state index contributed by atoms with van der Waals surface area (Å²) in [5.41, 5.74) is 2.18. The lowest BCUT2D eigenvalue weighted by atomic mass is 9.88. The quantitative estimate of drug-likeness (QED) is 0.392. The lowest BCUT2D eigenvalue weighted by Crippen LogP contribution is -2.39. The summed E-state index contributed by atoms with van der Waals surface area (Å²) in [4.78, 5) is 20.5. The van der Waals surface area contributed by atoms with Gasteiger partial charge in [0.1, 0.15) is 28.5 Å². The van der Waals surface area contributed by atoms with E-state index >= 15 is 0 Å². The smallest absolute Gasteiger partial charge is 0.278 e. The molecule has 1 aromatic carbocycles. The standard InChI is InChI=1S/C24H28ClN5OS/c1-15(2)16-9-7-11-29(13-16)22-18(12-26)20-21(23(31)28(3)24(27-20)32-4)30(22)14-17-8-5-6-10-19(17)25/h5-6,8,10,15-16H,7,9,11,13-14H2,1-4H3. The van der Waals surface area contributed by atoms with Gasteiger partial charge >= 0.3 is 0 Å². The molecule has 32 heavy (non-hydrogen) atoms. The molecule has 168 valence electrons. The van der Waals surface area contributed by atoms with Crippen LogP contribution < -0.4 is 10.5 Å². The van der Waals surface area contributed by atoms with Gasteiger partial charge in [-0.2, -0.15) is 5.26 Å². The Labute approximate surface area is 197 Å². The summed E-state index contributed by atoms with van der Waals surface area (Å²) < 4.78 is 3.53. The van der Waals surface area contributed by atoms with Crippen LogP contribution in [-0.2, 0) is 13.6 Å². The number of piperidine rings is 1. The number of halogens is 1. The lowest BCUT2D eigenvalue weighted by Gasteiger charge is -2.36. The zero-order valence-corrected chi connectivity index (χ0v) is 20.5. The Hall–Kier alpha value is -2.43. The van der Waals surface area contributed by atoms with E-state index in [-0.39, 0.29) is 5.56 Å². The van der Waals surface area contributed by atoms with Gasteiger partial charge in [0, 0.05) is 25.2 Å². The number of thioether (sulfide) groups is 1. The number of benzene rings is 1. The number of nitrogens with zero attached hydrogens (tertiary/aromatic N) is 5. The summed E-state index contributed by atoms with van der Waals surface area (Å²) >= 11 is 7.90. The second-order valence-corrected chi connectivity index (χ2v) is 9.92. The van der Waals surface area contributed by atoms with Gasteiger partial charge in [-0.05, 0) is 42.6 Å². The van der Waals surface area contributed by atoms with E-state index in [0.717, 1.165) is 30.9 Å². The Morgan fingerprint density at radius 1 is 1.34 bits per heavy atom. The highest BCUT2D eigenvalue weighted by Gasteiger charge is 2.30. The molecular formula is C24H28ClN5OS. The molecule has 0 spiro atoms. The van der Waals surface area contributed by atoms with Crippen molar-refractivity contribution in [3.63, 3.8) is 0 Å². The van der Waals surface area contributed by atoms with Crippen molar-refractivity contribution in [1.29, 1.82) is 5.26 Å². The molecule has 6 nitrogen and oxygen atoms in total. The molecule has 1 saturated heterocycles. The Morgan fingerprint density at radius 2 is 2.09 bits per heavy atom. The Balaban J connectivity index is 2.00. The number of fused-ring (bicyclic) bond motifs is 1. The highest BCUT2D eigenvalue weighted by molar-refractivity contribution is 7.98. The number of aromatic nitrogens is 3. The predicted octanol–water partition coefficient (Wildman–Crippen LogP) is 4.90. The normalized spacial score (nSPS) is 16.7. The number of hydrogen-bond donors (Lipinski definition) is 0. The molecule has 1 aliphatic rings. The fourth-order valence-electron chi connectivity index (χ4n) is 4.65. The van der Waals surface area contributed by atoms with Gasteiger partial charge in [0.2, 0.25) is 0 Å². The third-order valence-corrected chi connectivity index (χ3v) is 7.59. The van der Waals surface area contributed by atoms with E-state index in [2.05, 4.69) is 24.8 Å². The monoisotopic (exact) mass is 469 g/mol. The van der Waals surface area contributed by atoms with Crippen LogP contribution in [-0.4, -0.2) is 33.5 Å². The first kappa shape index (κ1) is 22.8. The molecule has 1 unspecified atom stereocenters. The van der Waals surface area contributed by atoms with Crippen LogP contribution in [0.3, 0.4) is 0 Å². The molecule has 0 N–H and O–H groups in total. The van der Waals surface area contributed by atoms with Crippen LogP contribution in [0.2, 0.25) is 5.02 Å². The van der Waals surface area contributed by atoms with Crippen LogP contribution in [0.5, 0.6) is 0 Å². The van der Waals surface area contributed by atoms with Crippen LogP contribution in [0.1, 0.15) is 37.8 Å². The molecule has 3 aromatic rings. The molecule has 1 aliphatic heterocycles. The van der Waals surface area contributed by atoms with Gasteiger partial charge in [0.05, 0.1) is 6.54 Å². The molecule has 8 heteroatoms. The van der Waals surface area contributed by atoms with E-state index in [1.165, 1.54) is 18.2 Å². The summed E-state index contributed by atoms with van der Waals surface area (Å²) in [6, 6.07) is 10.0. The SMILES string of the molecule is CSc1nc2c(C#N)c(N3CCCC(C(C)C)C3)n(Cc3ccccc3Cl)c2c(=O)n1C. The van der Waals surface area contributed by atoms with Crippen molar-refractivity contribution in [2.24, 2.45) is 18.9 Å².